The Morgan fingerprint density at radius 2 is 2.05 bits per heavy atom. The maximum Gasteiger partial charge on any atom is 0.264 e. The first-order chi connectivity index (χ1) is 10.0. The first-order valence-electron chi connectivity index (χ1n) is 6.94. The Bertz CT molecular complexity index is 745. The molecule has 0 aromatic heterocycles. The zero-order valence-corrected chi connectivity index (χ0v) is 12.4. The molecule has 1 aliphatic heterocycles. The van der Waals surface area contributed by atoms with Gasteiger partial charge >= 0.3 is 0 Å². The Morgan fingerprint density at radius 3 is 2.86 bits per heavy atom. The lowest BCUT2D eigenvalue weighted by molar-refractivity contribution is 0.481. The Hall–Kier alpha value is -1.85. The standard InChI is InChI=1S/C16H17NO3S/c18-21(19,20)11-5-10-17-15-8-3-1-6-13(15)12-14-7-2-4-9-16(14)17/h1-4,6,8-9,12H,5,7,10-11H2,(H,18,19,20). The fourth-order valence-corrected chi connectivity index (χ4v) is 3.27. The summed E-state index contributed by atoms with van der Waals surface area (Å²) in [6.07, 6.45) is 9.65. The molecule has 0 bridgehead atoms. The molecule has 0 amide bonds. The molecule has 110 valence electrons. The number of allylic oxidation sites excluding steroid dienone is 4. The van der Waals surface area contributed by atoms with Crippen LogP contribution in [0.15, 0.2) is 53.8 Å². The van der Waals surface area contributed by atoms with Crippen molar-refractivity contribution in [1.82, 2.24) is 0 Å². The van der Waals surface area contributed by atoms with E-state index in [0.29, 0.717) is 13.0 Å². The SMILES string of the molecule is O=S(=O)(O)CCCN1C2=CC=CCC2=Cc2ccccc21. The smallest absolute Gasteiger partial charge is 0.264 e. The van der Waals surface area contributed by atoms with Crippen molar-refractivity contribution < 1.29 is 13.0 Å². The Morgan fingerprint density at radius 1 is 1.24 bits per heavy atom. The summed E-state index contributed by atoms with van der Waals surface area (Å²) in [4.78, 5) is 2.14. The number of rotatable bonds is 4. The van der Waals surface area contributed by atoms with Crippen molar-refractivity contribution in [1.29, 1.82) is 0 Å². The summed E-state index contributed by atoms with van der Waals surface area (Å²) >= 11 is 0. The third-order valence-corrected chi connectivity index (χ3v) is 4.49. The highest BCUT2D eigenvalue weighted by Crippen LogP contribution is 2.37. The highest BCUT2D eigenvalue weighted by Gasteiger charge is 2.23. The van der Waals surface area contributed by atoms with Gasteiger partial charge in [-0.15, -0.1) is 0 Å². The van der Waals surface area contributed by atoms with E-state index in [2.05, 4.69) is 29.2 Å². The normalized spacial score (nSPS) is 16.9. The van der Waals surface area contributed by atoms with Crippen molar-refractivity contribution in [3.05, 3.63) is 59.3 Å². The van der Waals surface area contributed by atoms with E-state index in [0.717, 1.165) is 23.4 Å². The van der Waals surface area contributed by atoms with Gasteiger partial charge in [-0.1, -0.05) is 30.4 Å². The van der Waals surface area contributed by atoms with Crippen LogP contribution in [0.3, 0.4) is 0 Å². The topological polar surface area (TPSA) is 57.6 Å². The van der Waals surface area contributed by atoms with Crippen LogP contribution in [0.4, 0.5) is 5.69 Å². The van der Waals surface area contributed by atoms with Gasteiger partial charge in [0.2, 0.25) is 0 Å². The Kier molecular flexibility index (Phi) is 3.69. The molecule has 1 aromatic carbocycles. The van der Waals surface area contributed by atoms with Gasteiger partial charge in [0, 0.05) is 17.9 Å². The molecule has 0 unspecified atom stereocenters. The van der Waals surface area contributed by atoms with E-state index in [9.17, 15) is 8.42 Å². The summed E-state index contributed by atoms with van der Waals surface area (Å²) in [6.45, 7) is 0.563. The largest absolute Gasteiger partial charge is 0.341 e. The molecule has 0 atom stereocenters. The van der Waals surface area contributed by atoms with Crippen LogP contribution in [0.1, 0.15) is 18.4 Å². The summed E-state index contributed by atoms with van der Waals surface area (Å²) < 4.78 is 30.7. The molecule has 1 aromatic rings. The first kappa shape index (κ1) is 14.1. The van der Waals surface area contributed by atoms with Crippen LogP contribution in [0.5, 0.6) is 0 Å². The molecule has 21 heavy (non-hydrogen) atoms. The molecule has 0 fully saturated rings. The van der Waals surface area contributed by atoms with Crippen molar-refractivity contribution in [2.45, 2.75) is 12.8 Å². The molecule has 0 radical (unpaired) electrons. The second kappa shape index (κ2) is 5.50. The minimum Gasteiger partial charge on any atom is -0.341 e. The van der Waals surface area contributed by atoms with Crippen LogP contribution in [0.2, 0.25) is 0 Å². The predicted octanol–water partition coefficient (Wildman–Crippen LogP) is 3.01. The summed E-state index contributed by atoms with van der Waals surface area (Å²) in [7, 11) is -3.91. The van der Waals surface area contributed by atoms with Gasteiger partial charge in [-0.3, -0.25) is 4.55 Å². The molecule has 1 heterocycles. The monoisotopic (exact) mass is 303 g/mol. The van der Waals surface area contributed by atoms with E-state index in [4.69, 9.17) is 4.55 Å². The molecular formula is C16H17NO3S. The first-order valence-corrected chi connectivity index (χ1v) is 8.55. The van der Waals surface area contributed by atoms with Crippen LogP contribution in [0, 0.1) is 0 Å². The lowest BCUT2D eigenvalue weighted by atomic mass is 9.94. The number of hydrogen-bond donors (Lipinski definition) is 1. The third-order valence-electron chi connectivity index (χ3n) is 3.69. The maximum atomic E-state index is 10.9. The van der Waals surface area contributed by atoms with Crippen molar-refractivity contribution >= 4 is 21.9 Å². The third kappa shape index (κ3) is 3.09. The summed E-state index contributed by atoms with van der Waals surface area (Å²) in [6, 6.07) is 8.08. The van der Waals surface area contributed by atoms with Gasteiger partial charge in [0.1, 0.15) is 0 Å². The minimum absolute atomic E-state index is 0.214. The number of benzene rings is 1. The molecule has 2 aliphatic rings. The van der Waals surface area contributed by atoms with Crippen molar-refractivity contribution in [3.8, 4) is 0 Å². The summed E-state index contributed by atoms with van der Waals surface area (Å²) in [5.41, 5.74) is 4.58. The van der Waals surface area contributed by atoms with E-state index in [1.165, 1.54) is 5.57 Å². The minimum atomic E-state index is -3.91. The highest BCUT2D eigenvalue weighted by molar-refractivity contribution is 7.85. The van der Waals surface area contributed by atoms with Gasteiger partial charge in [0.05, 0.1) is 5.75 Å². The van der Waals surface area contributed by atoms with Crippen molar-refractivity contribution in [3.63, 3.8) is 0 Å². The van der Waals surface area contributed by atoms with Gasteiger partial charge in [0.25, 0.3) is 10.1 Å². The van der Waals surface area contributed by atoms with Crippen molar-refractivity contribution in [2.75, 3.05) is 17.2 Å². The molecule has 0 spiro atoms. The van der Waals surface area contributed by atoms with Crippen LogP contribution in [-0.2, 0) is 10.1 Å². The predicted molar refractivity (Wildman–Crippen MR) is 84.6 cm³/mol. The molecule has 5 heteroatoms. The molecule has 0 saturated carbocycles. The molecule has 1 N–H and O–H groups in total. The average Bonchev–Trinajstić information content (AvgIpc) is 2.45. The van der Waals surface area contributed by atoms with Crippen LogP contribution < -0.4 is 4.90 Å². The fraction of sp³-hybridized carbons (Fsp3) is 0.250. The fourth-order valence-electron chi connectivity index (χ4n) is 2.78. The quantitative estimate of drug-likeness (QED) is 0.869. The van der Waals surface area contributed by atoms with E-state index < -0.39 is 10.1 Å². The van der Waals surface area contributed by atoms with Gasteiger partial charge in [0.15, 0.2) is 0 Å². The van der Waals surface area contributed by atoms with E-state index in [1.54, 1.807) is 0 Å². The summed E-state index contributed by atoms with van der Waals surface area (Å²) in [5, 5.41) is 0. The molecule has 4 nitrogen and oxygen atoms in total. The zero-order valence-electron chi connectivity index (χ0n) is 11.6. The average molecular weight is 303 g/mol. The van der Waals surface area contributed by atoms with Crippen LogP contribution in [0.25, 0.3) is 6.08 Å². The number of nitrogens with zero attached hydrogens (tertiary/aromatic N) is 1. The number of para-hydroxylation sites is 1. The van der Waals surface area contributed by atoms with Gasteiger partial charge < -0.3 is 4.90 Å². The molecule has 3 rings (SSSR count). The van der Waals surface area contributed by atoms with Gasteiger partial charge in [-0.05, 0) is 42.2 Å². The Balaban J connectivity index is 1.90. The maximum absolute atomic E-state index is 10.9. The number of hydrogen-bond acceptors (Lipinski definition) is 3. The van der Waals surface area contributed by atoms with Crippen molar-refractivity contribution in [2.24, 2.45) is 0 Å². The second-order valence-corrected chi connectivity index (χ2v) is 6.78. The van der Waals surface area contributed by atoms with E-state index >= 15 is 0 Å². The number of anilines is 1. The van der Waals surface area contributed by atoms with E-state index in [-0.39, 0.29) is 5.75 Å². The molecular weight excluding hydrogens is 286 g/mol. The van der Waals surface area contributed by atoms with Crippen LogP contribution >= 0.6 is 0 Å². The lowest BCUT2D eigenvalue weighted by Gasteiger charge is -2.34. The second-order valence-electron chi connectivity index (χ2n) is 5.20. The number of fused-ring (bicyclic) bond motifs is 2. The lowest BCUT2D eigenvalue weighted by Crippen LogP contribution is -2.29. The Labute approximate surface area is 124 Å². The zero-order chi connectivity index (χ0) is 14.9. The highest BCUT2D eigenvalue weighted by atomic mass is 32.2. The molecule has 0 saturated heterocycles. The summed E-state index contributed by atoms with van der Waals surface area (Å²) in [5.74, 6) is -0.214. The van der Waals surface area contributed by atoms with E-state index in [1.807, 2.05) is 24.3 Å². The van der Waals surface area contributed by atoms with Crippen LogP contribution in [-0.4, -0.2) is 25.3 Å². The van der Waals surface area contributed by atoms with Gasteiger partial charge in [-0.2, -0.15) is 8.42 Å². The van der Waals surface area contributed by atoms with Gasteiger partial charge in [-0.25, -0.2) is 0 Å². The molecule has 1 aliphatic carbocycles.